The molecule has 0 saturated heterocycles. The summed E-state index contributed by atoms with van der Waals surface area (Å²) in [5, 5.41) is 9.43. The molecule has 140 valence electrons. The third kappa shape index (κ3) is 19.8. The number of unbranched alkanes of at least 4 members (excludes halogenated alkanes) is 10. The molecule has 2 N–H and O–H groups in total. The first-order valence-corrected chi connectivity index (χ1v) is 10.7. The van der Waals surface area contributed by atoms with Crippen molar-refractivity contribution in [2.75, 3.05) is 26.4 Å². The maximum Gasteiger partial charge on any atom is 0.267 e. The Morgan fingerprint density at radius 3 is 1.57 bits per heavy atom. The molecular formula is C17H37NO4S. The van der Waals surface area contributed by atoms with Crippen molar-refractivity contribution < 1.29 is 18.1 Å². The van der Waals surface area contributed by atoms with E-state index in [0.717, 1.165) is 19.3 Å². The lowest BCUT2D eigenvalue weighted by atomic mass is 10.0. The maximum atomic E-state index is 10.6. The zero-order chi connectivity index (χ0) is 17.6. The van der Waals surface area contributed by atoms with Gasteiger partial charge in [-0.15, -0.1) is 0 Å². The van der Waals surface area contributed by atoms with Gasteiger partial charge in [0, 0.05) is 0 Å². The van der Waals surface area contributed by atoms with E-state index >= 15 is 0 Å². The number of rotatable bonds is 16. The van der Waals surface area contributed by atoms with Crippen molar-refractivity contribution in [1.29, 1.82) is 0 Å². The van der Waals surface area contributed by atoms with Gasteiger partial charge in [-0.25, -0.2) is 0 Å². The Bertz CT molecular complexity index is 358. The smallest absolute Gasteiger partial charge is 0.267 e. The third-order valence-corrected chi connectivity index (χ3v) is 4.85. The molecule has 23 heavy (non-hydrogen) atoms. The lowest BCUT2D eigenvalue weighted by Gasteiger charge is -2.08. The monoisotopic (exact) mass is 351 g/mol. The van der Waals surface area contributed by atoms with Gasteiger partial charge < -0.3 is 10.0 Å². The molecule has 0 spiro atoms. The number of hydrogen-bond acceptors (Lipinski definition) is 4. The minimum absolute atomic E-state index is 0.451. The zero-order valence-electron chi connectivity index (χ0n) is 15.0. The Hall–Kier alpha value is -0.170. The fourth-order valence-corrected chi connectivity index (χ4v) is 3.38. The minimum Gasteiger partial charge on any atom is -0.392 e. The van der Waals surface area contributed by atoms with Gasteiger partial charge in [-0.2, -0.15) is 8.42 Å². The molecule has 6 heteroatoms. The van der Waals surface area contributed by atoms with Crippen LogP contribution >= 0.6 is 0 Å². The lowest BCUT2D eigenvalue weighted by Crippen LogP contribution is -2.19. The summed E-state index contributed by atoms with van der Waals surface area (Å²) < 4.78 is 29.8. The van der Waals surface area contributed by atoms with Gasteiger partial charge in [0.1, 0.15) is 5.75 Å². The molecule has 0 aliphatic carbocycles. The maximum absolute atomic E-state index is 10.6. The number of aliphatic hydroxyl groups excluding tert-OH is 1. The van der Waals surface area contributed by atoms with Crippen LogP contribution in [0.5, 0.6) is 0 Å². The van der Waals surface area contributed by atoms with E-state index in [0.29, 0.717) is 6.42 Å². The first-order valence-electron chi connectivity index (χ1n) is 9.09. The van der Waals surface area contributed by atoms with E-state index < -0.39 is 22.0 Å². The summed E-state index contributed by atoms with van der Waals surface area (Å²) in [6.07, 6.45) is 12.9. The molecule has 0 aromatic carbocycles. The Morgan fingerprint density at radius 2 is 1.17 bits per heavy atom. The highest BCUT2D eigenvalue weighted by molar-refractivity contribution is 7.85. The third-order valence-electron chi connectivity index (χ3n) is 4.05. The molecule has 0 rings (SSSR count). The second kappa shape index (κ2) is 14.2. The second-order valence-corrected chi connectivity index (χ2v) is 8.38. The van der Waals surface area contributed by atoms with Crippen molar-refractivity contribution >= 4 is 10.1 Å². The number of hydrogen-bond donors (Lipinski definition) is 2. The van der Waals surface area contributed by atoms with Crippen LogP contribution in [0, 0.1) is 0 Å². The van der Waals surface area contributed by atoms with E-state index in [1.807, 2.05) is 0 Å². The zero-order valence-corrected chi connectivity index (χ0v) is 15.9. The minimum atomic E-state index is -4.05. The first kappa shape index (κ1) is 22.8. The quantitative estimate of drug-likeness (QED) is 0.329. The Labute approximate surface area is 143 Å². The van der Waals surface area contributed by atoms with Crippen LogP contribution in [0.1, 0.15) is 77.0 Å². The number of nitrogens with zero attached hydrogens (tertiary/aromatic N) is 1. The van der Waals surface area contributed by atoms with Crippen molar-refractivity contribution in [1.82, 2.24) is 4.90 Å². The fraction of sp³-hybridized carbons (Fsp3) is 1.00. The van der Waals surface area contributed by atoms with Crippen LogP contribution in [0.15, 0.2) is 0 Å². The topological polar surface area (TPSA) is 77.8 Å². The average Bonchev–Trinajstić information content (AvgIpc) is 2.41. The summed E-state index contributed by atoms with van der Waals surface area (Å²) >= 11 is 0. The van der Waals surface area contributed by atoms with Crippen LogP contribution in [0.4, 0.5) is 0 Å². The molecule has 0 aromatic rings. The normalized spacial score (nSPS) is 13.6. The van der Waals surface area contributed by atoms with Gasteiger partial charge in [0.15, 0.2) is 0 Å². The molecular weight excluding hydrogens is 314 g/mol. The van der Waals surface area contributed by atoms with Crippen LogP contribution in [0.2, 0.25) is 0 Å². The van der Waals surface area contributed by atoms with E-state index in [1.54, 1.807) is 0 Å². The second-order valence-electron chi connectivity index (χ2n) is 6.88. The Kier molecular flexibility index (Phi) is 14.1. The van der Waals surface area contributed by atoms with E-state index in [2.05, 4.69) is 19.0 Å². The highest BCUT2D eigenvalue weighted by Gasteiger charge is 2.13. The van der Waals surface area contributed by atoms with Crippen molar-refractivity contribution in [2.45, 2.75) is 83.2 Å². The molecule has 0 heterocycles. The predicted octanol–water partition coefficient (Wildman–Crippen LogP) is 3.48. The molecule has 0 fully saturated rings. The Morgan fingerprint density at radius 1 is 0.783 bits per heavy atom. The SMILES string of the molecule is CN(C)CCCCCCCCCCCCCC(O)CS(=O)(=O)O. The first-order chi connectivity index (χ1) is 10.8. The highest BCUT2D eigenvalue weighted by atomic mass is 32.2. The van der Waals surface area contributed by atoms with Crippen LogP contribution in [-0.2, 0) is 10.1 Å². The van der Waals surface area contributed by atoms with Crippen molar-refractivity contribution in [3.05, 3.63) is 0 Å². The van der Waals surface area contributed by atoms with Gasteiger partial charge in [0.05, 0.1) is 6.10 Å². The highest BCUT2D eigenvalue weighted by Crippen LogP contribution is 2.13. The van der Waals surface area contributed by atoms with E-state index in [4.69, 9.17) is 4.55 Å². The van der Waals surface area contributed by atoms with Crippen LogP contribution < -0.4 is 0 Å². The molecule has 5 nitrogen and oxygen atoms in total. The largest absolute Gasteiger partial charge is 0.392 e. The van der Waals surface area contributed by atoms with Gasteiger partial charge >= 0.3 is 0 Å². The van der Waals surface area contributed by atoms with Crippen molar-refractivity contribution in [3.63, 3.8) is 0 Å². The molecule has 1 atom stereocenters. The van der Waals surface area contributed by atoms with E-state index in [1.165, 1.54) is 57.9 Å². The van der Waals surface area contributed by atoms with Crippen molar-refractivity contribution in [2.24, 2.45) is 0 Å². The fourth-order valence-electron chi connectivity index (χ4n) is 2.73. The summed E-state index contributed by atoms with van der Waals surface area (Å²) in [7, 11) is 0.194. The molecule has 0 aliphatic rings. The van der Waals surface area contributed by atoms with E-state index in [-0.39, 0.29) is 0 Å². The lowest BCUT2D eigenvalue weighted by molar-refractivity contribution is 0.180. The summed E-state index contributed by atoms with van der Waals surface area (Å²) in [4.78, 5) is 2.24. The molecule has 0 bridgehead atoms. The molecule has 0 aromatic heterocycles. The Balaban J connectivity index is 3.19. The summed E-state index contributed by atoms with van der Waals surface area (Å²) in [6, 6.07) is 0. The molecule has 0 aliphatic heterocycles. The van der Waals surface area contributed by atoms with Crippen molar-refractivity contribution in [3.8, 4) is 0 Å². The summed E-state index contributed by atoms with van der Waals surface area (Å²) in [5.74, 6) is -0.540. The predicted molar refractivity (Wildman–Crippen MR) is 96.4 cm³/mol. The van der Waals surface area contributed by atoms with E-state index in [9.17, 15) is 13.5 Å². The van der Waals surface area contributed by atoms with Crippen LogP contribution in [-0.4, -0.2) is 55.5 Å². The molecule has 0 amide bonds. The van der Waals surface area contributed by atoms with Crippen LogP contribution in [0.3, 0.4) is 0 Å². The van der Waals surface area contributed by atoms with Gasteiger partial charge in [-0.3, -0.25) is 4.55 Å². The van der Waals surface area contributed by atoms with Gasteiger partial charge in [0.2, 0.25) is 0 Å². The number of aliphatic hydroxyl groups is 1. The summed E-state index contributed by atoms with van der Waals surface area (Å²) in [6.45, 7) is 1.19. The summed E-state index contributed by atoms with van der Waals surface area (Å²) in [5.41, 5.74) is 0. The van der Waals surface area contributed by atoms with Crippen LogP contribution in [0.25, 0.3) is 0 Å². The van der Waals surface area contributed by atoms with Gasteiger partial charge in [0.25, 0.3) is 10.1 Å². The van der Waals surface area contributed by atoms with Gasteiger partial charge in [-0.1, -0.05) is 64.2 Å². The average molecular weight is 352 g/mol. The molecule has 1 unspecified atom stereocenters. The molecule has 0 saturated carbocycles. The van der Waals surface area contributed by atoms with Gasteiger partial charge in [-0.05, 0) is 33.5 Å². The standard InChI is InChI=1S/C17H37NO4S/c1-18(2)15-13-11-9-7-5-3-4-6-8-10-12-14-17(19)16-23(20,21)22/h17,19H,3-16H2,1-2H3,(H,20,21,22). The molecule has 0 radical (unpaired) electrons.